The van der Waals surface area contributed by atoms with Crippen molar-refractivity contribution in [2.75, 3.05) is 11.0 Å². The molecule has 1 aromatic rings. The molecule has 2 nitrogen and oxygen atoms in total. The van der Waals surface area contributed by atoms with Gasteiger partial charge < -0.3 is 5.32 Å². The molecule has 0 aliphatic rings. The van der Waals surface area contributed by atoms with Crippen LogP contribution in [0.25, 0.3) is 0 Å². The molecular weight excluding hydrogens is 295 g/mol. The SMILES string of the molecule is Cc1csc(CNCCCCI)n1. The molecule has 0 amide bonds. The lowest BCUT2D eigenvalue weighted by Crippen LogP contribution is -2.14. The summed E-state index contributed by atoms with van der Waals surface area (Å²) in [6, 6.07) is 0. The highest BCUT2D eigenvalue weighted by molar-refractivity contribution is 14.1. The van der Waals surface area contributed by atoms with E-state index in [2.05, 4.69) is 38.3 Å². The molecule has 0 saturated carbocycles. The van der Waals surface area contributed by atoms with Crippen LogP contribution >= 0.6 is 33.9 Å². The topological polar surface area (TPSA) is 24.9 Å². The highest BCUT2D eigenvalue weighted by Crippen LogP contribution is 2.07. The lowest BCUT2D eigenvalue weighted by molar-refractivity contribution is 0.643. The molecule has 1 N–H and O–H groups in total. The van der Waals surface area contributed by atoms with Gasteiger partial charge in [-0.15, -0.1) is 11.3 Å². The number of halogens is 1. The maximum absolute atomic E-state index is 4.38. The van der Waals surface area contributed by atoms with Crippen LogP contribution in [0.3, 0.4) is 0 Å². The smallest absolute Gasteiger partial charge is 0.107 e. The van der Waals surface area contributed by atoms with Crippen LogP contribution in [0.15, 0.2) is 5.38 Å². The molecule has 1 aromatic heterocycles. The summed E-state index contributed by atoms with van der Waals surface area (Å²) in [5.41, 5.74) is 1.13. The quantitative estimate of drug-likeness (QED) is 0.496. The molecule has 13 heavy (non-hydrogen) atoms. The van der Waals surface area contributed by atoms with Gasteiger partial charge in [-0.05, 0) is 30.7 Å². The fourth-order valence-electron chi connectivity index (χ4n) is 1.02. The minimum absolute atomic E-state index is 0.930. The van der Waals surface area contributed by atoms with E-state index in [1.165, 1.54) is 22.3 Å². The number of nitrogens with zero attached hydrogens (tertiary/aromatic N) is 1. The summed E-state index contributed by atoms with van der Waals surface area (Å²) in [4.78, 5) is 4.38. The van der Waals surface area contributed by atoms with Crippen molar-refractivity contribution in [2.24, 2.45) is 0 Å². The lowest BCUT2D eigenvalue weighted by Gasteiger charge is -2.00. The normalized spacial score (nSPS) is 10.6. The zero-order valence-electron chi connectivity index (χ0n) is 7.85. The van der Waals surface area contributed by atoms with Crippen molar-refractivity contribution in [3.8, 4) is 0 Å². The number of nitrogens with one attached hydrogen (secondary N) is 1. The van der Waals surface area contributed by atoms with E-state index in [0.29, 0.717) is 0 Å². The van der Waals surface area contributed by atoms with Crippen LogP contribution in [0.4, 0.5) is 0 Å². The van der Waals surface area contributed by atoms with Gasteiger partial charge in [0.15, 0.2) is 0 Å². The standard InChI is InChI=1S/C9H15IN2S/c1-8-7-13-9(12-8)6-11-5-3-2-4-10/h7,11H,2-6H2,1H3. The number of hydrogen-bond acceptors (Lipinski definition) is 3. The minimum atomic E-state index is 0.930. The summed E-state index contributed by atoms with van der Waals surface area (Å²) in [5.74, 6) is 0. The van der Waals surface area contributed by atoms with Gasteiger partial charge in [-0.3, -0.25) is 0 Å². The molecular formula is C9H15IN2S. The average Bonchev–Trinajstić information content (AvgIpc) is 2.51. The van der Waals surface area contributed by atoms with E-state index in [1.807, 2.05) is 6.92 Å². The van der Waals surface area contributed by atoms with Crippen molar-refractivity contribution in [3.63, 3.8) is 0 Å². The van der Waals surface area contributed by atoms with E-state index in [1.54, 1.807) is 11.3 Å². The molecule has 1 rings (SSSR count). The van der Waals surface area contributed by atoms with Crippen molar-refractivity contribution in [1.82, 2.24) is 10.3 Å². The molecule has 0 radical (unpaired) electrons. The molecule has 1 heterocycles. The van der Waals surface area contributed by atoms with Gasteiger partial charge in [-0.2, -0.15) is 0 Å². The van der Waals surface area contributed by atoms with Gasteiger partial charge in [0.2, 0.25) is 0 Å². The second kappa shape index (κ2) is 6.73. The van der Waals surface area contributed by atoms with Gasteiger partial charge in [-0.25, -0.2) is 4.98 Å². The Labute approximate surface area is 97.3 Å². The maximum atomic E-state index is 4.38. The second-order valence-electron chi connectivity index (χ2n) is 2.96. The van der Waals surface area contributed by atoms with Crippen molar-refractivity contribution >= 4 is 33.9 Å². The number of hydrogen-bond donors (Lipinski definition) is 1. The zero-order valence-corrected chi connectivity index (χ0v) is 10.8. The summed E-state index contributed by atoms with van der Waals surface area (Å²) in [7, 11) is 0. The largest absolute Gasteiger partial charge is 0.310 e. The molecule has 0 spiro atoms. The van der Waals surface area contributed by atoms with Crippen LogP contribution in [0.5, 0.6) is 0 Å². The van der Waals surface area contributed by atoms with Gasteiger partial charge in [-0.1, -0.05) is 22.6 Å². The molecule has 0 saturated heterocycles. The highest BCUT2D eigenvalue weighted by atomic mass is 127. The Morgan fingerprint density at radius 3 is 3.00 bits per heavy atom. The van der Waals surface area contributed by atoms with Crippen LogP contribution in [0.2, 0.25) is 0 Å². The monoisotopic (exact) mass is 310 g/mol. The van der Waals surface area contributed by atoms with Crippen molar-refractivity contribution in [2.45, 2.75) is 26.3 Å². The Hall–Kier alpha value is 0.320. The third-order valence-corrected chi connectivity index (χ3v) is 3.41. The Morgan fingerprint density at radius 2 is 2.38 bits per heavy atom. The van der Waals surface area contributed by atoms with Gasteiger partial charge in [0.25, 0.3) is 0 Å². The number of aryl methyl sites for hydroxylation is 1. The van der Waals surface area contributed by atoms with E-state index in [4.69, 9.17) is 0 Å². The Balaban J connectivity index is 2.06. The molecule has 0 fully saturated rings. The van der Waals surface area contributed by atoms with Crippen LogP contribution in [-0.2, 0) is 6.54 Å². The Bertz CT molecular complexity index is 237. The summed E-state index contributed by atoms with van der Waals surface area (Å²) in [5, 5.41) is 6.69. The van der Waals surface area contributed by atoms with E-state index in [-0.39, 0.29) is 0 Å². The number of aromatic nitrogens is 1. The lowest BCUT2D eigenvalue weighted by atomic mass is 10.3. The molecule has 0 bridgehead atoms. The molecule has 0 aliphatic heterocycles. The third kappa shape index (κ3) is 4.93. The van der Waals surface area contributed by atoms with Gasteiger partial charge in [0.1, 0.15) is 5.01 Å². The number of thiazole rings is 1. The summed E-state index contributed by atoms with van der Waals surface area (Å²) < 4.78 is 1.26. The van der Waals surface area contributed by atoms with Crippen LogP contribution in [-0.4, -0.2) is 16.0 Å². The van der Waals surface area contributed by atoms with E-state index < -0.39 is 0 Å². The zero-order chi connectivity index (χ0) is 9.52. The van der Waals surface area contributed by atoms with Crippen LogP contribution < -0.4 is 5.32 Å². The predicted molar refractivity (Wildman–Crippen MR) is 66.7 cm³/mol. The van der Waals surface area contributed by atoms with Crippen LogP contribution in [0, 0.1) is 6.92 Å². The van der Waals surface area contributed by atoms with E-state index in [0.717, 1.165) is 18.8 Å². The van der Waals surface area contributed by atoms with Crippen molar-refractivity contribution in [1.29, 1.82) is 0 Å². The number of alkyl halides is 1. The van der Waals surface area contributed by atoms with Crippen LogP contribution in [0.1, 0.15) is 23.5 Å². The highest BCUT2D eigenvalue weighted by Gasteiger charge is 1.96. The molecule has 4 heteroatoms. The fourth-order valence-corrected chi connectivity index (χ4v) is 2.30. The predicted octanol–water partition coefficient (Wildman–Crippen LogP) is 2.76. The molecule has 0 unspecified atom stereocenters. The first-order valence-electron chi connectivity index (χ1n) is 4.50. The first-order chi connectivity index (χ1) is 6.33. The second-order valence-corrected chi connectivity index (χ2v) is 4.98. The maximum Gasteiger partial charge on any atom is 0.107 e. The summed E-state index contributed by atoms with van der Waals surface area (Å²) in [6.07, 6.45) is 2.58. The van der Waals surface area contributed by atoms with Gasteiger partial charge in [0.05, 0.1) is 0 Å². The van der Waals surface area contributed by atoms with E-state index >= 15 is 0 Å². The average molecular weight is 310 g/mol. The summed E-state index contributed by atoms with van der Waals surface area (Å²) >= 11 is 4.15. The van der Waals surface area contributed by atoms with E-state index in [9.17, 15) is 0 Å². The molecule has 0 aliphatic carbocycles. The fraction of sp³-hybridized carbons (Fsp3) is 0.667. The Kier molecular flexibility index (Phi) is 5.90. The number of unbranched alkanes of at least 4 members (excludes halogenated alkanes) is 1. The van der Waals surface area contributed by atoms with Gasteiger partial charge in [0, 0.05) is 17.6 Å². The summed E-state index contributed by atoms with van der Waals surface area (Å²) in [6.45, 7) is 4.08. The first-order valence-corrected chi connectivity index (χ1v) is 6.91. The first kappa shape index (κ1) is 11.4. The molecule has 74 valence electrons. The van der Waals surface area contributed by atoms with Gasteiger partial charge >= 0.3 is 0 Å². The minimum Gasteiger partial charge on any atom is -0.310 e. The molecule has 0 atom stereocenters. The molecule has 0 aromatic carbocycles. The third-order valence-electron chi connectivity index (χ3n) is 1.68. The van der Waals surface area contributed by atoms with Crippen molar-refractivity contribution in [3.05, 3.63) is 16.1 Å². The van der Waals surface area contributed by atoms with Crippen molar-refractivity contribution < 1.29 is 0 Å². The Morgan fingerprint density at radius 1 is 1.54 bits per heavy atom. The number of rotatable bonds is 6.